The molecule has 3 rings (SSSR count). The summed E-state index contributed by atoms with van der Waals surface area (Å²) < 4.78 is 5.77. The molecule has 104 valence electrons. The van der Waals surface area contributed by atoms with Crippen LogP contribution in [0.2, 0.25) is 0 Å². The average Bonchev–Trinajstić information content (AvgIpc) is 2.86. The Bertz CT molecular complexity index is 435. The number of rotatable bonds is 3. The van der Waals surface area contributed by atoms with E-state index in [0.29, 0.717) is 24.0 Å². The van der Waals surface area contributed by atoms with Gasteiger partial charge in [0.2, 0.25) is 0 Å². The van der Waals surface area contributed by atoms with E-state index < -0.39 is 0 Å². The van der Waals surface area contributed by atoms with Gasteiger partial charge in [-0.25, -0.2) is 0 Å². The van der Waals surface area contributed by atoms with Crippen molar-refractivity contribution in [2.45, 2.75) is 50.7 Å². The van der Waals surface area contributed by atoms with E-state index in [0.717, 1.165) is 6.61 Å². The van der Waals surface area contributed by atoms with E-state index >= 15 is 0 Å². The van der Waals surface area contributed by atoms with E-state index in [-0.39, 0.29) is 0 Å². The van der Waals surface area contributed by atoms with Crippen LogP contribution in [0, 0.1) is 5.92 Å². The van der Waals surface area contributed by atoms with Crippen molar-refractivity contribution >= 4 is 0 Å². The van der Waals surface area contributed by atoms with Crippen molar-refractivity contribution in [1.29, 1.82) is 0 Å². The normalized spacial score (nSPS) is 32.0. The highest BCUT2D eigenvalue weighted by Crippen LogP contribution is 2.38. The van der Waals surface area contributed by atoms with Crippen molar-refractivity contribution in [3.05, 3.63) is 29.6 Å². The lowest BCUT2D eigenvalue weighted by Crippen LogP contribution is -2.43. The van der Waals surface area contributed by atoms with Gasteiger partial charge in [0.05, 0.1) is 6.10 Å². The fraction of sp³-hybridized carbons (Fsp3) is 0.688. The molecule has 0 spiro atoms. The van der Waals surface area contributed by atoms with Crippen molar-refractivity contribution in [3.8, 4) is 0 Å². The van der Waals surface area contributed by atoms with Crippen LogP contribution in [0.15, 0.2) is 18.3 Å². The lowest BCUT2D eigenvalue weighted by molar-refractivity contribution is 0.0915. The maximum absolute atomic E-state index is 5.77. The molecule has 0 aromatic carbocycles. The molecular weight excluding hydrogens is 236 g/mol. The summed E-state index contributed by atoms with van der Waals surface area (Å²) in [5, 5.41) is 3.57. The van der Waals surface area contributed by atoms with Crippen LogP contribution in [-0.4, -0.2) is 30.8 Å². The van der Waals surface area contributed by atoms with Crippen LogP contribution in [-0.2, 0) is 11.2 Å². The van der Waals surface area contributed by atoms with Gasteiger partial charge in [-0.3, -0.25) is 4.98 Å². The summed E-state index contributed by atoms with van der Waals surface area (Å²) in [6, 6.07) is 4.80. The quantitative estimate of drug-likeness (QED) is 0.906. The number of nitrogens with zero attached hydrogens (tertiary/aromatic N) is 1. The fourth-order valence-corrected chi connectivity index (χ4v) is 3.93. The first kappa shape index (κ1) is 13.1. The molecule has 1 aliphatic carbocycles. The molecule has 0 bridgehead atoms. The Balaban J connectivity index is 1.88. The van der Waals surface area contributed by atoms with Crippen LogP contribution in [0.3, 0.4) is 0 Å². The number of pyridine rings is 1. The molecule has 1 fully saturated rings. The molecule has 2 aliphatic rings. The van der Waals surface area contributed by atoms with Crippen molar-refractivity contribution in [2.24, 2.45) is 5.92 Å². The summed E-state index contributed by atoms with van der Waals surface area (Å²) in [5.41, 5.74) is 2.78. The zero-order valence-electron chi connectivity index (χ0n) is 11.9. The van der Waals surface area contributed by atoms with E-state index in [1.54, 1.807) is 0 Å². The van der Waals surface area contributed by atoms with Gasteiger partial charge in [0.15, 0.2) is 0 Å². The zero-order chi connectivity index (χ0) is 13.2. The number of likely N-dealkylation sites (N-methyl/N-ethyl adjacent to an activating group) is 1. The summed E-state index contributed by atoms with van der Waals surface area (Å²) in [4.78, 5) is 4.69. The third kappa shape index (κ3) is 2.41. The lowest BCUT2D eigenvalue weighted by Gasteiger charge is -2.35. The maximum Gasteiger partial charge on any atom is 0.0591 e. The summed E-state index contributed by atoms with van der Waals surface area (Å²) in [5.74, 6) is 1.16. The molecule has 1 saturated heterocycles. The Labute approximate surface area is 115 Å². The van der Waals surface area contributed by atoms with E-state index in [9.17, 15) is 0 Å². The summed E-state index contributed by atoms with van der Waals surface area (Å²) in [6.45, 7) is 3.12. The predicted octanol–water partition coefficient (Wildman–Crippen LogP) is 2.51. The number of aryl methyl sites for hydroxylation is 1. The van der Waals surface area contributed by atoms with Gasteiger partial charge < -0.3 is 10.1 Å². The van der Waals surface area contributed by atoms with Gasteiger partial charge in [0.1, 0.15) is 0 Å². The molecule has 1 aromatic heterocycles. The number of nitrogens with one attached hydrogen (secondary N) is 1. The van der Waals surface area contributed by atoms with Crippen LogP contribution >= 0.6 is 0 Å². The first-order valence-corrected chi connectivity index (χ1v) is 7.54. The Morgan fingerprint density at radius 3 is 3.05 bits per heavy atom. The molecule has 4 atom stereocenters. The van der Waals surface area contributed by atoms with Gasteiger partial charge >= 0.3 is 0 Å². The Hall–Kier alpha value is -0.930. The Kier molecular flexibility index (Phi) is 3.85. The third-order valence-electron chi connectivity index (χ3n) is 4.90. The lowest BCUT2D eigenvalue weighted by atomic mass is 9.76. The first-order chi connectivity index (χ1) is 9.31. The fourth-order valence-electron chi connectivity index (χ4n) is 3.93. The highest BCUT2D eigenvalue weighted by molar-refractivity contribution is 5.27. The average molecular weight is 260 g/mol. The van der Waals surface area contributed by atoms with E-state index in [2.05, 4.69) is 36.4 Å². The molecule has 1 N–H and O–H groups in total. The van der Waals surface area contributed by atoms with Crippen LogP contribution in [0.5, 0.6) is 0 Å². The molecule has 1 aromatic rings. The number of hydrogen-bond acceptors (Lipinski definition) is 3. The van der Waals surface area contributed by atoms with Gasteiger partial charge in [-0.05, 0) is 51.3 Å². The van der Waals surface area contributed by atoms with Gasteiger partial charge in [-0.1, -0.05) is 6.07 Å². The molecule has 19 heavy (non-hydrogen) atoms. The smallest absolute Gasteiger partial charge is 0.0591 e. The molecule has 0 saturated carbocycles. The standard InChI is InChI=1S/C16H24N2O/c1-11-13(8-10-19-11)16(17-2)14-7-3-5-12-6-4-9-18-15(12)14/h4,6,9,11,13-14,16-17H,3,5,7-8,10H2,1-2H3. The molecule has 0 amide bonds. The SMILES string of the molecule is CNC(C1CCCc2cccnc21)C1CCOC1C. The minimum Gasteiger partial charge on any atom is -0.378 e. The second-order valence-corrected chi connectivity index (χ2v) is 5.89. The van der Waals surface area contributed by atoms with Gasteiger partial charge in [0, 0.05) is 36.4 Å². The van der Waals surface area contributed by atoms with Crippen molar-refractivity contribution in [3.63, 3.8) is 0 Å². The summed E-state index contributed by atoms with van der Waals surface area (Å²) in [6.07, 6.45) is 7.20. The van der Waals surface area contributed by atoms with Crippen LogP contribution in [0.25, 0.3) is 0 Å². The Morgan fingerprint density at radius 1 is 1.42 bits per heavy atom. The largest absolute Gasteiger partial charge is 0.378 e. The highest BCUT2D eigenvalue weighted by Gasteiger charge is 2.38. The molecule has 3 nitrogen and oxygen atoms in total. The molecule has 1 aliphatic heterocycles. The van der Waals surface area contributed by atoms with Crippen molar-refractivity contribution in [2.75, 3.05) is 13.7 Å². The Morgan fingerprint density at radius 2 is 2.32 bits per heavy atom. The maximum atomic E-state index is 5.77. The predicted molar refractivity (Wildman–Crippen MR) is 76.3 cm³/mol. The topological polar surface area (TPSA) is 34.2 Å². The number of ether oxygens (including phenoxy) is 1. The zero-order valence-corrected chi connectivity index (χ0v) is 11.9. The van der Waals surface area contributed by atoms with Crippen molar-refractivity contribution in [1.82, 2.24) is 10.3 Å². The number of aromatic nitrogens is 1. The number of fused-ring (bicyclic) bond motifs is 1. The van der Waals surface area contributed by atoms with Gasteiger partial charge in [0.25, 0.3) is 0 Å². The molecule has 2 heterocycles. The van der Waals surface area contributed by atoms with Gasteiger partial charge in [-0.2, -0.15) is 0 Å². The molecular formula is C16H24N2O. The third-order valence-corrected chi connectivity index (χ3v) is 4.90. The number of hydrogen-bond donors (Lipinski definition) is 1. The summed E-state index contributed by atoms with van der Waals surface area (Å²) >= 11 is 0. The second-order valence-electron chi connectivity index (χ2n) is 5.89. The van der Waals surface area contributed by atoms with E-state index in [4.69, 9.17) is 4.74 Å². The molecule has 4 unspecified atom stereocenters. The van der Waals surface area contributed by atoms with Crippen molar-refractivity contribution < 1.29 is 4.74 Å². The van der Waals surface area contributed by atoms with Gasteiger partial charge in [-0.15, -0.1) is 0 Å². The highest BCUT2D eigenvalue weighted by atomic mass is 16.5. The van der Waals surface area contributed by atoms with Crippen LogP contribution in [0.4, 0.5) is 0 Å². The second kappa shape index (κ2) is 5.59. The monoisotopic (exact) mass is 260 g/mol. The minimum atomic E-state index is 0.367. The van der Waals surface area contributed by atoms with E-state index in [1.165, 1.54) is 36.9 Å². The van der Waals surface area contributed by atoms with Crippen LogP contribution in [0.1, 0.15) is 43.4 Å². The van der Waals surface area contributed by atoms with Crippen LogP contribution < -0.4 is 5.32 Å². The molecule has 0 radical (unpaired) electrons. The molecule has 3 heteroatoms. The summed E-state index contributed by atoms with van der Waals surface area (Å²) in [7, 11) is 2.09. The van der Waals surface area contributed by atoms with E-state index in [1.807, 2.05) is 6.20 Å². The first-order valence-electron chi connectivity index (χ1n) is 7.54. The minimum absolute atomic E-state index is 0.367.